The molecule has 0 nitrogen and oxygen atoms in total. The van der Waals surface area contributed by atoms with E-state index in [4.69, 9.17) is 0 Å². The minimum Gasteiger partial charge on any atom is -0.122 e. The molecule has 62 valence electrons. The van der Waals surface area contributed by atoms with Crippen molar-refractivity contribution in [2.75, 3.05) is 12.8 Å². The van der Waals surface area contributed by atoms with Crippen LogP contribution in [0.5, 0.6) is 0 Å². The van der Waals surface area contributed by atoms with Gasteiger partial charge in [0.15, 0.2) is 0 Å². The first-order valence-electron chi connectivity index (χ1n) is 4.19. The molecule has 0 spiro atoms. The van der Waals surface area contributed by atoms with Crippen LogP contribution in [0.1, 0.15) is 19.8 Å². The molecule has 0 saturated heterocycles. The second-order valence-corrected chi connectivity index (χ2v) is 16.4. The summed E-state index contributed by atoms with van der Waals surface area (Å²) in [6.07, 6.45) is 4.34. The van der Waals surface area contributed by atoms with Crippen molar-refractivity contribution in [1.29, 1.82) is 0 Å². The molecule has 2 heteroatoms. The first-order chi connectivity index (χ1) is 4.48. The Bertz CT molecular complexity index is 85.7. The summed E-state index contributed by atoms with van der Waals surface area (Å²) in [5.41, 5.74) is 0. The van der Waals surface area contributed by atoms with Gasteiger partial charge >= 0.3 is 0 Å². The van der Waals surface area contributed by atoms with Crippen LogP contribution in [0.25, 0.3) is 0 Å². The van der Waals surface area contributed by atoms with E-state index < -0.39 is 7.74 Å². The third-order valence-corrected chi connectivity index (χ3v) is 12.8. The molecule has 0 N–H and O–H groups in total. The lowest BCUT2D eigenvalue weighted by Gasteiger charge is -2.25. The van der Waals surface area contributed by atoms with Gasteiger partial charge in [-0.15, -0.1) is 7.47 Å². The molecule has 0 fully saturated rings. The van der Waals surface area contributed by atoms with E-state index in [0.29, 0.717) is 7.47 Å². The lowest BCUT2D eigenvalue weighted by atomic mass is 10.4. The van der Waals surface area contributed by atoms with E-state index in [1.807, 2.05) is 0 Å². The summed E-state index contributed by atoms with van der Waals surface area (Å²) < 4.78 is 0. The van der Waals surface area contributed by atoms with Gasteiger partial charge in [0, 0.05) is 0 Å². The Morgan fingerprint density at radius 1 is 1.20 bits per heavy atom. The Morgan fingerprint density at radius 2 is 1.70 bits per heavy atom. The monoisotopic (exact) mass is 176 g/mol. The van der Waals surface area contributed by atoms with Gasteiger partial charge in [-0.2, -0.15) is 0 Å². The zero-order chi connectivity index (χ0) is 8.20. The van der Waals surface area contributed by atoms with Gasteiger partial charge in [-0.05, 0) is 19.2 Å². The summed E-state index contributed by atoms with van der Waals surface area (Å²) in [6, 6.07) is 0. The van der Waals surface area contributed by atoms with Gasteiger partial charge < -0.3 is 0 Å². The average molecular weight is 176 g/mol. The van der Waals surface area contributed by atoms with Crippen molar-refractivity contribution in [2.24, 2.45) is 0 Å². The van der Waals surface area contributed by atoms with Crippen molar-refractivity contribution in [3.8, 4) is 0 Å². The van der Waals surface area contributed by atoms with Crippen molar-refractivity contribution in [3.63, 3.8) is 0 Å². The van der Waals surface area contributed by atoms with Crippen LogP contribution in [-0.4, -0.2) is 20.6 Å². The molecule has 0 aliphatic carbocycles. The number of rotatable bonds is 4. The standard InChI is InChI=1S/C8H21PSi/c1-6-7-8-9(2)10(3,4)5/h6-8H2,1-5H3. The summed E-state index contributed by atoms with van der Waals surface area (Å²) in [4.78, 5) is 0. The third kappa shape index (κ3) is 4.46. The number of hydrogen-bond acceptors (Lipinski definition) is 0. The van der Waals surface area contributed by atoms with Crippen molar-refractivity contribution in [3.05, 3.63) is 0 Å². The van der Waals surface area contributed by atoms with E-state index >= 15 is 0 Å². The van der Waals surface area contributed by atoms with Crippen molar-refractivity contribution >= 4 is 15.2 Å². The van der Waals surface area contributed by atoms with Crippen LogP contribution < -0.4 is 0 Å². The summed E-state index contributed by atoms with van der Waals surface area (Å²) in [6.45, 7) is 12.3. The lowest BCUT2D eigenvalue weighted by Crippen LogP contribution is -2.18. The maximum absolute atomic E-state index is 2.49. The van der Waals surface area contributed by atoms with Crippen LogP contribution in [0.4, 0.5) is 0 Å². The highest BCUT2D eigenvalue weighted by Crippen LogP contribution is 2.43. The Labute approximate surface area is 68.0 Å². The van der Waals surface area contributed by atoms with E-state index in [1.165, 1.54) is 19.0 Å². The number of hydrogen-bond donors (Lipinski definition) is 0. The highest BCUT2D eigenvalue weighted by atomic mass is 31.4. The SMILES string of the molecule is CCCCP(C)[Si](C)(C)C. The highest BCUT2D eigenvalue weighted by Gasteiger charge is 2.20. The molecule has 0 aliphatic heterocycles. The Hall–Kier alpha value is 0.647. The molecule has 0 radical (unpaired) electrons. The summed E-state index contributed by atoms with van der Waals surface area (Å²) in [7, 11) is -0.322. The molecule has 0 saturated carbocycles. The van der Waals surface area contributed by atoms with Crippen LogP contribution in [0.2, 0.25) is 19.6 Å². The fourth-order valence-electron chi connectivity index (χ4n) is 0.731. The van der Waals surface area contributed by atoms with Crippen molar-refractivity contribution in [1.82, 2.24) is 0 Å². The first kappa shape index (κ1) is 10.6. The van der Waals surface area contributed by atoms with Gasteiger partial charge in [0.1, 0.15) is 0 Å². The predicted octanol–water partition coefficient (Wildman–Crippen LogP) is 3.73. The van der Waals surface area contributed by atoms with E-state index in [1.54, 1.807) is 0 Å². The summed E-state index contributed by atoms with van der Waals surface area (Å²) >= 11 is 0. The zero-order valence-corrected chi connectivity index (χ0v) is 9.96. The Morgan fingerprint density at radius 3 is 2.00 bits per heavy atom. The molecule has 0 rings (SSSR count). The molecule has 0 aromatic heterocycles. The van der Waals surface area contributed by atoms with Gasteiger partial charge in [-0.25, -0.2) is 0 Å². The summed E-state index contributed by atoms with van der Waals surface area (Å²) in [5, 5.41) is 0. The molecular weight excluding hydrogens is 155 g/mol. The molecule has 0 bridgehead atoms. The quantitative estimate of drug-likeness (QED) is 0.452. The molecule has 0 heterocycles. The molecule has 0 amide bonds. The van der Waals surface area contributed by atoms with Crippen LogP contribution in [0, 0.1) is 0 Å². The van der Waals surface area contributed by atoms with Crippen LogP contribution in [-0.2, 0) is 0 Å². The van der Waals surface area contributed by atoms with Gasteiger partial charge in [0.05, 0.1) is 7.74 Å². The minimum absolute atomic E-state index is 0.411. The van der Waals surface area contributed by atoms with E-state index in [0.717, 1.165) is 0 Å². The average Bonchev–Trinajstić information content (AvgIpc) is 1.80. The summed E-state index contributed by atoms with van der Waals surface area (Å²) in [5.74, 6) is 0. The largest absolute Gasteiger partial charge is 0.122 e. The zero-order valence-electron chi connectivity index (χ0n) is 8.07. The van der Waals surface area contributed by atoms with E-state index in [9.17, 15) is 0 Å². The molecule has 1 unspecified atom stereocenters. The molecule has 0 aromatic rings. The number of unbranched alkanes of at least 4 members (excludes halogenated alkanes) is 1. The maximum Gasteiger partial charge on any atom is 0.0716 e. The molecule has 0 aromatic carbocycles. The van der Waals surface area contributed by atoms with Crippen LogP contribution in [0.15, 0.2) is 0 Å². The maximum atomic E-state index is 2.49. The molecule has 10 heavy (non-hydrogen) atoms. The molecular formula is C8H21PSi. The molecule has 0 aliphatic rings. The van der Waals surface area contributed by atoms with E-state index in [-0.39, 0.29) is 0 Å². The second-order valence-electron chi connectivity index (χ2n) is 3.95. The second kappa shape index (κ2) is 4.51. The van der Waals surface area contributed by atoms with Gasteiger partial charge in [0.2, 0.25) is 0 Å². The highest BCUT2D eigenvalue weighted by molar-refractivity contribution is 7.94. The predicted molar refractivity (Wildman–Crippen MR) is 56.0 cm³/mol. The van der Waals surface area contributed by atoms with Crippen molar-refractivity contribution in [2.45, 2.75) is 39.4 Å². The first-order valence-corrected chi connectivity index (χ1v) is 10.5. The van der Waals surface area contributed by atoms with Crippen LogP contribution >= 0.6 is 7.47 Å². The smallest absolute Gasteiger partial charge is 0.0716 e. The normalized spacial score (nSPS) is 15.3. The fraction of sp³-hybridized carbons (Fsp3) is 1.00. The van der Waals surface area contributed by atoms with Gasteiger partial charge in [-0.3, -0.25) is 0 Å². The van der Waals surface area contributed by atoms with Gasteiger partial charge in [-0.1, -0.05) is 33.0 Å². The van der Waals surface area contributed by atoms with E-state index in [2.05, 4.69) is 33.2 Å². The molecule has 1 atom stereocenters. The topological polar surface area (TPSA) is 0 Å². The van der Waals surface area contributed by atoms with Crippen LogP contribution in [0.3, 0.4) is 0 Å². The van der Waals surface area contributed by atoms with Crippen molar-refractivity contribution < 1.29 is 0 Å². The Balaban J connectivity index is 3.52. The third-order valence-electron chi connectivity index (χ3n) is 1.99. The Kier molecular flexibility index (Phi) is 4.80. The lowest BCUT2D eigenvalue weighted by molar-refractivity contribution is 0.893. The van der Waals surface area contributed by atoms with Gasteiger partial charge in [0.25, 0.3) is 0 Å². The minimum atomic E-state index is -0.733. The fourth-order valence-corrected chi connectivity index (χ4v) is 4.68.